The van der Waals surface area contributed by atoms with E-state index in [1.165, 1.54) is 0 Å². The van der Waals surface area contributed by atoms with Gasteiger partial charge in [-0.2, -0.15) is 0 Å². The molecular weight excluding hydrogens is 320 g/mol. The highest BCUT2D eigenvalue weighted by molar-refractivity contribution is 7.07. The zero-order valence-corrected chi connectivity index (χ0v) is 14.1. The number of benzene rings is 2. The first-order valence-electron chi connectivity index (χ1n) is 7.84. The predicted molar refractivity (Wildman–Crippen MR) is 96.0 cm³/mol. The first kappa shape index (κ1) is 16.6. The highest BCUT2D eigenvalue weighted by atomic mass is 32.1. The van der Waals surface area contributed by atoms with E-state index in [-0.39, 0.29) is 0 Å². The molecule has 1 heterocycles. The average molecular weight is 340 g/mol. The molecule has 0 radical (unpaired) electrons. The Balaban J connectivity index is 1.52. The van der Waals surface area contributed by atoms with Gasteiger partial charge in [-0.05, 0) is 23.3 Å². The molecule has 0 aliphatic rings. The molecule has 1 unspecified atom stereocenters. The van der Waals surface area contributed by atoms with Gasteiger partial charge >= 0.3 is 0 Å². The van der Waals surface area contributed by atoms with Crippen LogP contribution in [0.3, 0.4) is 0 Å². The van der Waals surface area contributed by atoms with Gasteiger partial charge in [0, 0.05) is 18.5 Å². The Morgan fingerprint density at radius 3 is 2.79 bits per heavy atom. The van der Waals surface area contributed by atoms with Gasteiger partial charge in [0.05, 0.1) is 17.3 Å². The maximum atomic E-state index is 10.3. The molecule has 1 atom stereocenters. The Morgan fingerprint density at radius 1 is 1.12 bits per heavy atom. The Kier molecular flexibility index (Phi) is 5.96. The van der Waals surface area contributed by atoms with Crippen LogP contribution in [0.2, 0.25) is 0 Å². The van der Waals surface area contributed by atoms with Crippen molar-refractivity contribution in [3.63, 3.8) is 0 Å². The summed E-state index contributed by atoms with van der Waals surface area (Å²) in [7, 11) is 0. The molecule has 1 aromatic heterocycles. The van der Waals surface area contributed by atoms with Crippen molar-refractivity contribution < 1.29 is 9.84 Å². The van der Waals surface area contributed by atoms with Crippen LogP contribution < -0.4 is 10.1 Å². The van der Waals surface area contributed by atoms with Crippen molar-refractivity contribution in [2.75, 3.05) is 6.54 Å². The zero-order valence-electron chi connectivity index (χ0n) is 13.3. The molecule has 4 nitrogen and oxygen atoms in total. The lowest BCUT2D eigenvalue weighted by molar-refractivity contribution is 0.173. The monoisotopic (exact) mass is 340 g/mol. The number of hydrogen-bond acceptors (Lipinski definition) is 5. The fourth-order valence-corrected chi connectivity index (χ4v) is 2.89. The van der Waals surface area contributed by atoms with E-state index in [0.717, 1.165) is 22.6 Å². The number of rotatable bonds is 8. The van der Waals surface area contributed by atoms with Crippen LogP contribution in [0.4, 0.5) is 0 Å². The molecule has 0 bridgehead atoms. The third-order valence-electron chi connectivity index (χ3n) is 3.62. The minimum absolute atomic E-state index is 0.472. The molecular formula is C19H20N2O2S. The number of aliphatic hydroxyl groups excluding tert-OH is 1. The Labute approximate surface area is 145 Å². The van der Waals surface area contributed by atoms with Crippen molar-refractivity contribution >= 4 is 11.3 Å². The molecule has 0 saturated heterocycles. The normalized spacial score (nSPS) is 12.0. The third kappa shape index (κ3) is 4.89. The van der Waals surface area contributed by atoms with Crippen molar-refractivity contribution in [3.8, 4) is 5.75 Å². The number of aromatic nitrogens is 1. The fraction of sp³-hybridized carbons (Fsp3) is 0.211. The number of hydrogen-bond donors (Lipinski definition) is 2. The van der Waals surface area contributed by atoms with E-state index in [0.29, 0.717) is 19.7 Å². The van der Waals surface area contributed by atoms with E-state index in [1.807, 2.05) is 60.0 Å². The molecule has 2 N–H and O–H groups in total. The second kappa shape index (κ2) is 8.59. The van der Waals surface area contributed by atoms with Crippen LogP contribution in [0.25, 0.3) is 0 Å². The molecule has 0 saturated carbocycles. The quantitative estimate of drug-likeness (QED) is 0.658. The van der Waals surface area contributed by atoms with Gasteiger partial charge < -0.3 is 15.2 Å². The minimum Gasteiger partial charge on any atom is -0.489 e. The Morgan fingerprint density at radius 2 is 2.00 bits per heavy atom. The lowest BCUT2D eigenvalue weighted by atomic mass is 10.1. The summed E-state index contributed by atoms with van der Waals surface area (Å²) in [4.78, 5) is 4.21. The molecule has 0 spiro atoms. The van der Waals surface area contributed by atoms with Crippen molar-refractivity contribution in [1.29, 1.82) is 0 Å². The lowest BCUT2D eigenvalue weighted by Crippen LogP contribution is -2.21. The molecule has 3 rings (SSSR count). The summed E-state index contributed by atoms with van der Waals surface area (Å²) in [5.74, 6) is 0.759. The standard InChI is InChI=1S/C19H20N2O2S/c22-19(11-20-10-17-13-24-14-21-17)16-7-4-8-18(9-16)23-12-15-5-2-1-3-6-15/h1-9,13-14,19-20,22H,10-12H2. The van der Waals surface area contributed by atoms with Crippen LogP contribution in [0.1, 0.15) is 22.9 Å². The zero-order chi connectivity index (χ0) is 16.6. The average Bonchev–Trinajstić information content (AvgIpc) is 3.14. The lowest BCUT2D eigenvalue weighted by Gasteiger charge is -2.13. The summed E-state index contributed by atoms with van der Waals surface area (Å²) < 4.78 is 5.81. The molecule has 24 heavy (non-hydrogen) atoms. The van der Waals surface area contributed by atoms with E-state index in [4.69, 9.17) is 4.74 Å². The fourth-order valence-electron chi connectivity index (χ4n) is 2.33. The summed E-state index contributed by atoms with van der Waals surface area (Å²) in [5.41, 5.74) is 4.76. The molecule has 0 aliphatic carbocycles. The van der Waals surface area contributed by atoms with E-state index < -0.39 is 6.10 Å². The Hall–Kier alpha value is -2.21. The molecule has 5 heteroatoms. The van der Waals surface area contributed by atoms with Gasteiger partial charge in [0.1, 0.15) is 12.4 Å². The minimum atomic E-state index is -0.580. The molecule has 0 fully saturated rings. The van der Waals surface area contributed by atoms with Gasteiger partial charge in [-0.25, -0.2) is 4.98 Å². The molecule has 2 aromatic carbocycles. The van der Waals surface area contributed by atoms with E-state index in [2.05, 4.69) is 10.3 Å². The second-order valence-corrected chi connectivity index (χ2v) is 6.19. The topological polar surface area (TPSA) is 54.4 Å². The number of nitrogens with zero attached hydrogens (tertiary/aromatic N) is 1. The van der Waals surface area contributed by atoms with Gasteiger partial charge in [0.2, 0.25) is 0 Å². The highest BCUT2D eigenvalue weighted by Gasteiger charge is 2.08. The first-order valence-corrected chi connectivity index (χ1v) is 8.78. The van der Waals surface area contributed by atoms with Gasteiger partial charge in [0.25, 0.3) is 0 Å². The summed E-state index contributed by atoms with van der Waals surface area (Å²) in [5, 5.41) is 15.5. The maximum Gasteiger partial charge on any atom is 0.120 e. The molecule has 124 valence electrons. The number of aliphatic hydroxyl groups is 1. The first-order chi connectivity index (χ1) is 11.8. The van der Waals surface area contributed by atoms with E-state index >= 15 is 0 Å². The van der Waals surface area contributed by atoms with Crippen LogP contribution >= 0.6 is 11.3 Å². The molecule has 0 aliphatic heterocycles. The number of nitrogens with one attached hydrogen (secondary N) is 1. The summed E-state index contributed by atoms with van der Waals surface area (Å²) in [6.45, 7) is 1.65. The largest absolute Gasteiger partial charge is 0.489 e. The second-order valence-electron chi connectivity index (χ2n) is 5.47. The predicted octanol–water partition coefficient (Wildman–Crippen LogP) is 3.55. The molecule has 0 amide bonds. The van der Waals surface area contributed by atoms with E-state index in [1.54, 1.807) is 16.8 Å². The van der Waals surface area contributed by atoms with Crippen molar-refractivity contribution in [1.82, 2.24) is 10.3 Å². The van der Waals surface area contributed by atoms with Crippen molar-refractivity contribution in [2.24, 2.45) is 0 Å². The van der Waals surface area contributed by atoms with Gasteiger partial charge in [-0.15, -0.1) is 11.3 Å². The molecule has 3 aromatic rings. The Bertz CT molecular complexity index is 732. The summed E-state index contributed by atoms with van der Waals surface area (Å²) >= 11 is 1.57. The van der Waals surface area contributed by atoms with Crippen molar-refractivity contribution in [3.05, 3.63) is 82.3 Å². The van der Waals surface area contributed by atoms with E-state index in [9.17, 15) is 5.11 Å². The van der Waals surface area contributed by atoms with Crippen molar-refractivity contribution in [2.45, 2.75) is 19.3 Å². The van der Waals surface area contributed by atoms with Crippen LogP contribution in [0, 0.1) is 0 Å². The van der Waals surface area contributed by atoms with Crippen LogP contribution in [0.5, 0.6) is 5.75 Å². The summed E-state index contributed by atoms with van der Waals surface area (Å²) in [6, 6.07) is 17.6. The maximum absolute atomic E-state index is 10.3. The SMILES string of the molecule is OC(CNCc1cscn1)c1cccc(OCc2ccccc2)c1. The van der Waals surface area contributed by atoms with Crippen LogP contribution in [-0.4, -0.2) is 16.6 Å². The number of thiazole rings is 1. The van der Waals surface area contributed by atoms with Gasteiger partial charge in [-0.3, -0.25) is 0 Å². The number of ether oxygens (including phenoxy) is 1. The highest BCUT2D eigenvalue weighted by Crippen LogP contribution is 2.20. The third-order valence-corrected chi connectivity index (χ3v) is 4.25. The van der Waals surface area contributed by atoms with Gasteiger partial charge in [0.15, 0.2) is 0 Å². The summed E-state index contributed by atoms with van der Waals surface area (Å²) in [6.07, 6.45) is -0.580. The van der Waals surface area contributed by atoms with Gasteiger partial charge in [-0.1, -0.05) is 42.5 Å². The smallest absolute Gasteiger partial charge is 0.120 e. The van der Waals surface area contributed by atoms with Crippen LogP contribution in [-0.2, 0) is 13.2 Å². The van der Waals surface area contributed by atoms with Crippen LogP contribution in [0.15, 0.2) is 65.5 Å².